The Hall–Kier alpha value is -5.35. The summed E-state index contributed by atoms with van der Waals surface area (Å²) in [6.45, 7) is -0.0645. The Morgan fingerprint density at radius 2 is 1.71 bits per heavy atom. The molecule has 1 aromatic heterocycles. The van der Waals surface area contributed by atoms with E-state index in [9.17, 15) is 42.8 Å². The second-order valence-corrected chi connectivity index (χ2v) is 11.7. The zero-order chi connectivity index (χ0) is 35.6. The molecule has 0 radical (unpaired) electrons. The molecule has 1 aliphatic rings. The molecule has 0 aliphatic carbocycles. The number of carboxylic acids is 1. The molecule has 3 N–H and O–H groups in total. The molecule has 4 aromatic rings. The maximum atomic E-state index is 15.0. The monoisotopic (exact) mass is 684 g/mol. The van der Waals surface area contributed by atoms with Crippen molar-refractivity contribution in [2.75, 3.05) is 24.5 Å². The Morgan fingerprint density at radius 1 is 1.02 bits per heavy atom. The van der Waals surface area contributed by atoms with Crippen LogP contribution < -0.4 is 21.9 Å². The van der Waals surface area contributed by atoms with Gasteiger partial charge in [-0.2, -0.15) is 13.2 Å². The first-order valence-corrected chi connectivity index (χ1v) is 15.1. The van der Waals surface area contributed by atoms with Gasteiger partial charge in [-0.15, -0.1) is 0 Å². The minimum atomic E-state index is -4.95. The first-order valence-electron chi connectivity index (χ1n) is 15.1. The van der Waals surface area contributed by atoms with Crippen LogP contribution in [0.3, 0.4) is 0 Å². The SMILES string of the molecule is Cc1c(N2CCN(Cc3cccc([N+](=O)[O-])c3)C(C(=O)O)C2)c(=O)n(CC(N)c2ccccc2)c(=O)n1Cc1c(F)cccc1C(F)(F)F. The zero-order valence-corrected chi connectivity index (χ0v) is 26.1. The number of benzene rings is 3. The molecular weight excluding hydrogens is 652 g/mol. The number of halogens is 4. The molecule has 0 saturated carbocycles. The van der Waals surface area contributed by atoms with Crippen molar-refractivity contribution >= 4 is 17.3 Å². The highest BCUT2D eigenvalue weighted by atomic mass is 19.4. The topological polar surface area (TPSA) is 157 Å². The van der Waals surface area contributed by atoms with Gasteiger partial charge in [-0.1, -0.05) is 48.5 Å². The molecule has 5 rings (SSSR count). The minimum Gasteiger partial charge on any atom is -0.480 e. The zero-order valence-electron chi connectivity index (χ0n) is 26.1. The van der Waals surface area contributed by atoms with E-state index < -0.39 is 63.9 Å². The standard InChI is InChI=1S/C33H32F4N6O6/c1-20-29(40-14-13-39(28(19-40)31(45)46)16-21-7-5-10-23(15-21)43(48)49)30(44)42(18-27(38)22-8-3-2-4-9-22)32(47)41(20)17-24-25(33(35,36)37)11-6-12-26(24)34/h2-12,15,27-28H,13-14,16-19,38H2,1H3,(H,45,46). The van der Waals surface area contributed by atoms with Gasteiger partial charge in [0.2, 0.25) is 0 Å². The Kier molecular flexibility index (Phi) is 10.0. The lowest BCUT2D eigenvalue weighted by Crippen LogP contribution is -2.58. The average molecular weight is 685 g/mol. The molecule has 0 bridgehead atoms. The van der Waals surface area contributed by atoms with Crippen LogP contribution in [0.15, 0.2) is 82.4 Å². The first-order chi connectivity index (χ1) is 23.2. The van der Waals surface area contributed by atoms with Crippen molar-refractivity contribution in [1.82, 2.24) is 14.0 Å². The van der Waals surface area contributed by atoms with Crippen molar-refractivity contribution < 1.29 is 32.4 Å². The summed E-state index contributed by atoms with van der Waals surface area (Å²) in [4.78, 5) is 54.2. The van der Waals surface area contributed by atoms with E-state index in [-0.39, 0.29) is 49.8 Å². The van der Waals surface area contributed by atoms with Crippen LogP contribution in [0.2, 0.25) is 0 Å². The fraction of sp³-hybridized carbons (Fsp3) is 0.303. The average Bonchev–Trinajstić information content (AvgIpc) is 3.06. The van der Waals surface area contributed by atoms with E-state index in [2.05, 4.69) is 0 Å². The number of alkyl halides is 3. The highest BCUT2D eigenvalue weighted by Crippen LogP contribution is 2.34. The smallest absolute Gasteiger partial charge is 0.416 e. The van der Waals surface area contributed by atoms with Gasteiger partial charge in [-0.3, -0.25) is 33.7 Å². The Labute approximate surface area is 276 Å². The molecule has 12 nitrogen and oxygen atoms in total. The van der Waals surface area contributed by atoms with Crippen molar-refractivity contribution in [3.8, 4) is 0 Å². The van der Waals surface area contributed by atoms with E-state index in [1.165, 1.54) is 30.0 Å². The van der Waals surface area contributed by atoms with Crippen LogP contribution in [-0.4, -0.2) is 55.7 Å². The second-order valence-electron chi connectivity index (χ2n) is 11.7. The van der Waals surface area contributed by atoms with Crippen LogP contribution >= 0.6 is 0 Å². The van der Waals surface area contributed by atoms with Crippen molar-refractivity contribution in [3.63, 3.8) is 0 Å². The highest BCUT2D eigenvalue weighted by molar-refractivity contribution is 5.75. The van der Waals surface area contributed by atoms with Gasteiger partial charge in [0.1, 0.15) is 17.5 Å². The fourth-order valence-electron chi connectivity index (χ4n) is 6.09. The number of nitro groups is 1. The number of aliphatic carboxylic acids is 1. The summed E-state index contributed by atoms with van der Waals surface area (Å²) in [6, 6.07) is 14.5. The summed E-state index contributed by atoms with van der Waals surface area (Å²) in [5.41, 5.74) is 3.05. The molecule has 0 spiro atoms. The molecule has 0 amide bonds. The van der Waals surface area contributed by atoms with Gasteiger partial charge in [-0.05, 0) is 30.2 Å². The number of carbonyl (C=O) groups is 1. The number of piperazine rings is 1. The van der Waals surface area contributed by atoms with Crippen LogP contribution in [-0.2, 0) is 30.6 Å². The normalized spacial score (nSPS) is 16.0. The Bertz CT molecular complexity index is 2000. The minimum absolute atomic E-state index is 0.0363. The lowest BCUT2D eigenvalue weighted by atomic mass is 10.1. The maximum Gasteiger partial charge on any atom is 0.416 e. The summed E-state index contributed by atoms with van der Waals surface area (Å²) in [5, 5.41) is 21.4. The third-order valence-electron chi connectivity index (χ3n) is 8.60. The highest BCUT2D eigenvalue weighted by Gasteiger charge is 2.37. The molecule has 3 aromatic carbocycles. The van der Waals surface area contributed by atoms with Crippen LogP contribution in [0, 0.1) is 22.9 Å². The third-order valence-corrected chi connectivity index (χ3v) is 8.60. The van der Waals surface area contributed by atoms with E-state index in [1.54, 1.807) is 41.3 Å². The summed E-state index contributed by atoms with van der Waals surface area (Å²) < 4.78 is 58.5. The van der Waals surface area contributed by atoms with E-state index in [0.29, 0.717) is 17.2 Å². The largest absolute Gasteiger partial charge is 0.480 e. The summed E-state index contributed by atoms with van der Waals surface area (Å²) in [5.74, 6) is -2.46. The van der Waals surface area contributed by atoms with E-state index in [0.717, 1.165) is 21.3 Å². The van der Waals surface area contributed by atoms with E-state index in [4.69, 9.17) is 5.73 Å². The molecule has 2 heterocycles. The van der Waals surface area contributed by atoms with Crippen LogP contribution in [0.5, 0.6) is 0 Å². The van der Waals surface area contributed by atoms with Gasteiger partial charge in [0.15, 0.2) is 0 Å². The summed E-state index contributed by atoms with van der Waals surface area (Å²) >= 11 is 0. The lowest BCUT2D eigenvalue weighted by molar-refractivity contribution is -0.384. The van der Waals surface area contributed by atoms with Gasteiger partial charge < -0.3 is 15.7 Å². The van der Waals surface area contributed by atoms with Crippen LogP contribution in [0.25, 0.3) is 0 Å². The van der Waals surface area contributed by atoms with Crippen molar-refractivity contribution in [2.24, 2.45) is 5.73 Å². The summed E-state index contributed by atoms with van der Waals surface area (Å²) in [7, 11) is 0. The summed E-state index contributed by atoms with van der Waals surface area (Å²) in [6.07, 6.45) is -4.95. The number of nitrogens with two attached hydrogens (primary N) is 1. The molecule has 1 fully saturated rings. The Morgan fingerprint density at radius 3 is 2.37 bits per heavy atom. The van der Waals surface area contributed by atoms with E-state index in [1.807, 2.05) is 0 Å². The second kappa shape index (κ2) is 14.0. The number of nitro benzene ring substituents is 1. The lowest BCUT2D eigenvalue weighted by Gasteiger charge is -2.40. The Balaban J connectivity index is 1.59. The van der Waals surface area contributed by atoms with Crippen LogP contribution in [0.4, 0.5) is 28.9 Å². The molecule has 1 aliphatic heterocycles. The molecular formula is C33H32F4N6O6. The first kappa shape index (κ1) is 35.0. The van der Waals surface area contributed by atoms with Crippen molar-refractivity contribution in [2.45, 2.75) is 44.8 Å². The van der Waals surface area contributed by atoms with Gasteiger partial charge in [0.25, 0.3) is 11.2 Å². The van der Waals surface area contributed by atoms with Gasteiger partial charge in [0, 0.05) is 55.6 Å². The van der Waals surface area contributed by atoms with Crippen LogP contribution in [0.1, 0.15) is 34.0 Å². The number of anilines is 1. The maximum absolute atomic E-state index is 15.0. The predicted octanol–water partition coefficient (Wildman–Crippen LogP) is 3.91. The van der Waals surface area contributed by atoms with Gasteiger partial charge in [0.05, 0.1) is 23.6 Å². The number of hydrogen-bond acceptors (Lipinski definition) is 8. The number of aromatic nitrogens is 2. The molecule has 16 heteroatoms. The molecule has 49 heavy (non-hydrogen) atoms. The van der Waals surface area contributed by atoms with Gasteiger partial charge in [-0.25, -0.2) is 9.18 Å². The van der Waals surface area contributed by atoms with E-state index >= 15 is 4.39 Å². The fourth-order valence-corrected chi connectivity index (χ4v) is 6.09. The number of nitrogens with zero attached hydrogens (tertiary/aromatic N) is 5. The van der Waals surface area contributed by atoms with Gasteiger partial charge >= 0.3 is 17.8 Å². The number of carboxylic acid groups (broad SMARTS) is 1. The predicted molar refractivity (Wildman–Crippen MR) is 171 cm³/mol. The third kappa shape index (κ3) is 7.39. The molecule has 1 saturated heterocycles. The molecule has 2 atom stereocenters. The van der Waals surface area contributed by atoms with Crippen molar-refractivity contribution in [1.29, 1.82) is 0 Å². The molecule has 2 unspecified atom stereocenters. The molecule has 258 valence electrons. The quantitative estimate of drug-likeness (QED) is 0.144. The number of non-ortho nitro benzene ring substituents is 1. The number of rotatable bonds is 10. The van der Waals surface area contributed by atoms with Crippen molar-refractivity contribution in [3.05, 3.63) is 138 Å². The number of hydrogen-bond donors (Lipinski definition) is 2.